The normalized spacial score (nSPS) is 13.2. The highest BCUT2D eigenvalue weighted by Crippen LogP contribution is 2.27. The fourth-order valence-corrected chi connectivity index (χ4v) is 1.77. The lowest BCUT2D eigenvalue weighted by Crippen LogP contribution is -2.06. The minimum absolute atomic E-state index is 0.580. The van der Waals surface area contributed by atoms with E-state index in [1.54, 1.807) is 6.20 Å². The van der Waals surface area contributed by atoms with Gasteiger partial charge in [-0.1, -0.05) is 20.8 Å². The standard InChI is InChI=1S/C11H18N2/c1-4-11(8(2)3)9-5-10(12)7-13-6-9/h5-8,11H,4,12H2,1-3H3. The van der Waals surface area contributed by atoms with Crippen molar-refractivity contribution < 1.29 is 0 Å². The molecule has 0 spiro atoms. The molecule has 0 aliphatic rings. The summed E-state index contributed by atoms with van der Waals surface area (Å²) in [5, 5.41) is 0. The van der Waals surface area contributed by atoms with Crippen molar-refractivity contribution in [1.29, 1.82) is 0 Å². The Morgan fingerprint density at radius 3 is 2.54 bits per heavy atom. The molecule has 0 radical (unpaired) electrons. The molecule has 1 rings (SSSR count). The van der Waals surface area contributed by atoms with Crippen LogP contribution in [0.15, 0.2) is 18.5 Å². The van der Waals surface area contributed by atoms with Crippen LogP contribution < -0.4 is 5.73 Å². The fraction of sp³-hybridized carbons (Fsp3) is 0.545. The second-order valence-corrected chi connectivity index (χ2v) is 3.81. The summed E-state index contributed by atoms with van der Waals surface area (Å²) in [4.78, 5) is 4.11. The Morgan fingerprint density at radius 1 is 1.38 bits per heavy atom. The number of hydrogen-bond acceptors (Lipinski definition) is 2. The number of rotatable bonds is 3. The maximum Gasteiger partial charge on any atom is 0.0503 e. The highest BCUT2D eigenvalue weighted by atomic mass is 14.7. The minimum Gasteiger partial charge on any atom is -0.397 e. The molecule has 0 aliphatic carbocycles. The summed E-state index contributed by atoms with van der Waals surface area (Å²) in [5.41, 5.74) is 7.71. The third kappa shape index (κ3) is 2.44. The molecular formula is C11H18N2. The van der Waals surface area contributed by atoms with E-state index in [1.807, 2.05) is 12.3 Å². The Hall–Kier alpha value is -1.05. The molecule has 0 aliphatic heterocycles. The Morgan fingerprint density at radius 2 is 2.08 bits per heavy atom. The summed E-state index contributed by atoms with van der Waals surface area (Å²) in [7, 11) is 0. The van der Waals surface area contributed by atoms with Gasteiger partial charge in [-0.3, -0.25) is 4.98 Å². The molecule has 13 heavy (non-hydrogen) atoms. The van der Waals surface area contributed by atoms with Crippen molar-refractivity contribution in [2.75, 3.05) is 5.73 Å². The van der Waals surface area contributed by atoms with Crippen LogP contribution in [0.2, 0.25) is 0 Å². The molecule has 1 aromatic heterocycles. The largest absolute Gasteiger partial charge is 0.397 e. The summed E-state index contributed by atoms with van der Waals surface area (Å²) >= 11 is 0. The number of pyridine rings is 1. The molecule has 1 atom stereocenters. The predicted molar refractivity (Wildman–Crippen MR) is 56.5 cm³/mol. The zero-order valence-electron chi connectivity index (χ0n) is 8.62. The summed E-state index contributed by atoms with van der Waals surface area (Å²) in [6.45, 7) is 6.67. The Bertz CT molecular complexity index is 269. The first-order valence-electron chi connectivity index (χ1n) is 4.85. The van der Waals surface area contributed by atoms with Crippen LogP contribution in [-0.4, -0.2) is 4.98 Å². The lowest BCUT2D eigenvalue weighted by atomic mass is 9.87. The molecular weight excluding hydrogens is 160 g/mol. The summed E-state index contributed by atoms with van der Waals surface area (Å²) < 4.78 is 0. The van der Waals surface area contributed by atoms with Gasteiger partial charge in [-0.15, -0.1) is 0 Å². The van der Waals surface area contributed by atoms with Gasteiger partial charge in [0.05, 0.1) is 5.69 Å². The zero-order chi connectivity index (χ0) is 9.84. The van der Waals surface area contributed by atoms with Gasteiger partial charge in [-0.05, 0) is 29.9 Å². The first-order chi connectivity index (χ1) is 6.15. The average Bonchev–Trinajstić information content (AvgIpc) is 2.04. The van der Waals surface area contributed by atoms with Gasteiger partial charge in [0.2, 0.25) is 0 Å². The van der Waals surface area contributed by atoms with E-state index in [-0.39, 0.29) is 0 Å². The van der Waals surface area contributed by atoms with Crippen molar-refractivity contribution in [2.45, 2.75) is 33.1 Å². The third-order valence-corrected chi connectivity index (χ3v) is 2.45. The molecule has 0 saturated heterocycles. The van der Waals surface area contributed by atoms with Crippen LogP contribution in [0.3, 0.4) is 0 Å². The van der Waals surface area contributed by atoms with Crippen molar-refractivity contribution in [1.82, 2.24) is 4.98 Å². The van der Waals surface area contributed by atoms with E-state index in [9.17, 15) is 0 Å². The van der Waals surface area contributed by atoms with Crippen LogP contribution >= 0.6 is 0 Å². The molecule has 0 fully saturated rings. The maximum absolute atomic E-state index is 5.69. The Balaban J connectivity index is 2.91. The molecule has 2 nitrogen and oxygen atoms in total. The molecule has 0 aromatic carbocycles. The number of aromatic nitrogens is 1. The molecule has 0 saturated carbocycles. The quantitative estimate of drug-likeness (QED) is 0.773. The second kappa shape index (κ2) is 4.26. The lowest BCUT2D eigenvalue weighted by Gasteiger charge is -2.19. The molecule has 2 N–H and O–H groups in total. The molecule has 2 heteroatoms. The average molecular weight is 178 g/mol. The Labute approximate surface area is 80.2 Å². The van der Waals surface area contributed by atoms with Crippen LogP contribution in [0.5, 0.6) is 0 Å². The van der Waals surface area contributed by atoms with Gasteiger partial charge in [-0.2, -0.15) is 0 Å². The number of hydrogen-bond donors (Lipinski definition) is 1. The number of nitrogen functional groups attached to an aromatic ring is 1. The molecule has 0 amide bonds. The van der Waals surface area contributed by atoms with E-state index in [1.165, 1.54) is 5.56 Å². The van der Waals surface area contributed by atoms with Crippen molar-refractivity contribution in [3.8, 4) is 0 Å². The van der Waals surface area contributed by atoms with Crippen LogP contribution in [0.25, 0.3) is 0 Å². The summed E-state index contributed by atoms with van der Waals surface area (Å²) in [5.74, 6) is 1.23. The Kier molecular flexibility index (Phi) is 3.29. The van der Waals surface area contributed by atoms with Crippen molar-refractivity contribution in [3.05, 3.63) is 24.0 Å². The lowest BCUT2D eigenvalue weighted by molar-refractivity contribution is 0.484. The molecule has 1 unspecified atom stereocenters. The van der Waals surface area contributed by atoms with Crippen LogP contribution in [0, 0.1) is 5.92 Å². The van der Waals surface area contributed by atoms with E-state index < -0.39 is 0 Å². The molecule has 72 valence electrons. The van der Waals surface area contributed by atoms with Gasteiger partial charge in [-0.25, -0.2) is 0 Å². The maximum atomic E-state index is 5.69. The van der Waals surface area contributed by atoms with Crippen LogP contribution in [0.4, 0.5) is 5.69 Å². The fourth-order valence-electron chi connectivity index (χ4n) is 1.77. The van der Waals surface area contributed by atoms with E-state index in [0.717, 1.165) is 12.1 Å². The minimum atomic E-state index is 0.580. The van der Waals surface area contributed by atoms with Gasteiger partial charge >= 0.3 is 0 Å². The van der Waals surface area contributed by atoms with Gasteiger partial charge in [0, 0.05) is 12.4 Å². The molecule has 0 bridgehead atoms. The second-order valence-electron chi connectivity index (χ2n) is 3.81. The van der Waals surface area contributed by atoms with Crippen LogP contribution in [-0.2, 0) is 0 Å². The summed E-state index contributed by atoms with van der Waals surface area (Å²) in [6, 6.07) is 2.03. The van der Waals surface area contributed by atoms with Gasteiger partial charge in [0.25, 0.3) is 0 Å². The van der Waals surface area contributed by atoms with E-state index in [2.05, 4.69) is 25.8 Å². The van der Waals surface area contributed by atoms with Crippen molar-refractivity contribution >= 4 is 5.69 Å². The number of nitrogens with two attached hydrogens (primary N) is 1. The van der Waals surface area contributed by atoms with Crippen molar-refractivity contribution in [2.24, 2.45) is 5.92 Å². The number of anilines is 1. The van der Waals surface area contributed by atoms with E-state index in [4.69, 9.17) is 5.73 Å². The van der Waals surface area contributed by atoms with E-state index in [0.29, 0.717) is 11.8 Å². The predicted octanol–water partition coefficient (Wildman–Crippen LogP) is 2.81. The van der Waals surface area contributed by atoms with Gasteiger partial charge in [0.15, 0.2) is 0 Å². The highest BCUT2D eigenvalue weighted by molar-refractivity contribution is 5.38. The highest BCUT2D eigenvalue weighted by Gasteiger charge is 2.13. The van der Waals surface area contributed by atoms with Gasteiger partial charge < -0.3 is 5.73 Å². The van der Waals surface area contributed by atoms with Gasteiger partial charge in [0.1, 0.15) is 0 Å². The topological polar surface area (TPSA) is 38.9 Å². The first-order valence-corrected chi connectivity index (χ1v) is 4.85. The third-order valence-electron chi connectivity index (χ3n) is 2.45. The van der Waals surface area contributed by atoms with E-state index >= 15 is 0 Å². The molecule has 1 heterocycles. The van der Waals surface area contributed by atoms with Crippen LogP contribution in [0.1, 0.15) is 38.7 Å². The monoisotopic (exact) mass is 178 g/mol. The summed E-state index contributed by atoms with van der Waals surface area (Å²) in [6.07, 6.45) is 4.75. The zero-order valence-corrected chi connectivity index (χ0v) is 8.62. The first kappa shape index (κ1) is 10.0. The van der Waals surface area contributed by atoms with Crippen molar-refractivity contribution in [3.63, 3.8) is 0 Å². The SMILES string of the molecule is CCC(c1cncc(N)c1)C(C)C. The smallest absolute Gasteiger partial charge is 0.0503 e. The molecule has 1 aromatic rings. The number of nitrogens with zero attached hydrogens (tertiary/aromatic N) is 1.